The Kier molecular flexibility index (Phi) is 8.12. The van der Waals surface area contributed by atoms with E-state index in [0.717, 1.165) is 17.2 Å². The van der Waals surface area contributed by atoms with E-state index in [1.165, 1.54) is 18.7 Å². The molecule has 1 aliphatic rings. The number of carbonyl (C=O) groups is 2. The standard InChI is InChI=1S/C33H28F4N2O4/c1-32(2)30(40)39(25-14-15-27(34)26(18-25)33(35,36)37)31(41)38(32)19-24-13-16-28(42-20-22-9-5-3-6-10-22)29(17-24)43-21-23-11-7-4-8-12-23/h3-18H,19-21H2,1-2H3. The highest BCUT2D eigenvalue weighted by Gasteiger charge is 2.52. The summed E-state index contributed by atoms with van der Waals surface area (Å²) >= 11 is 0. The summed E-state index contributed by atoms with van der Waals surface area (Å²) in [5.74, 6) is -1.35. The van der Waals surface area contributed by atoms with Crippen LogP contribution < -0.4 is 14.4 Å². The number of imide groups is 1. The maximum Gasteiger partial charge on any atom is 0.419 e. The van der Waals surface area contributed by atoms with Crippen LogP contribution in [0.2, 0.25) is 0 Å². The van der Waals surface area contributed by atoms with E-state index in [1.54, 1.807) is 18.2 Å². The highest BCUT2D eigenvalue weighted by Crippen LogP contribution is 2.39. The van der Waals surface area contributed by atoms with Gasteiger partial charge in [0.1, 0.15) is 24.6 Å². The molecule has 4 aromatic carbocycles. The van der Waals surface area contributed by atoms with E-state index < -0.39 is 35.0 Å². The monoisotopic (exact) mass is 592 g/mol. The molecule has 0 N–H and O–H groups in total. The van der Waals surface area contributed by atoms with Gasteiger partial charge < -0.3 is 14.4 Å². The van der Waals surface area contributed by atoms with Gasteiger partial charge in [0.05, 0.1) is 11.3 Å². The van der Waals surface area contributed by atoms with Crippen LogP contribution in [0.1, 0.15) is 36.1 Å². The van der Waals surface area contributed by atoms with Gasteiger partial charge in [-0.05, 0) is 60.9 Å². The fraction of sp³-hybridized carbons (Fsp3) is 0.212. The summed E-state index contributed by atoms with van der Waals surface area (Å²) in [6.45, 7) is 3.50. The van der Waals surface area contributed by atoms with E-state index in [9.17, 15) is 27.2 Å². The number of halogens is 4. The van der Waals surface area contributed by atoms with Gasteiger partial charge in [0.25, 0.3) is 5.91 Å². The van der Waals surface area contributed by atoms with Gasteiger partial charge in [-0.25, -0.2) is 14.1 Å². The Morgan fingerprint density at radius 2 is 1.30 bits per heavy atom. The molecule has 0 aliphatic carbocycles. The third-order valence-electron chi connectivity index (χ3n) is 7.16. The third-order valence-corrected chi connectivity index (χ3v) is 7.16. The van der Waals surface area contributed by atoms with Gasteiger partial charge >= 0.3 is 12.2 Å². The third kappa shape index (κ3) is 6.33. The van der Waals surface area contributed by atoms with Gasteiger partial charge in [-0.3, -0.25) is 4.79 Å². The second-order valence-electron chi connectivity index (χ2n) is 10.6. The van der Waals surface area contributed by atoms with Crippen molar-refractivity contribution in [2.75, 3.05) is 4.90 Å². The van der Waals surface area contributed by atoms with Crippen LogP contribution in [0.3, 0.4) is 0 Å². The van der Waals surface area contributed by atoms with Crippen molar-refractivity contribution >= 4 is 17.6 Å². The average Bonchev–Trinajstić information content (AvgIpc) is 3.15. The number of amides is 3. The minimum Gasteiger partial charge on any atom is -0.485 e. The van der Waals surface area contributed by atoms with Crippen LogP contribution >= 0.6 is 0 Å². The Hall–Kier alpha value is -4.86. The molecule has 1 fully saturated rings. The van der Waals surface area contributed by atoms with Gasteiger partial charge in [0.15, 0.2) is 11.5 Å². The molecule has 1 saturated heterocycles. The molecular formula is C33H28F4N2O4. The summed E-state index contributed by atoms with van der Waals surface area (Å²) < 4.78 is 66.2. The molecule has 5 rings (SSSR count). The van der Waals surface area contributed by atoms with Crippen LogP contribution in [0, 0.1) is 5.82 Å². The zero-order valence-corrected chi connectivity index (χ0v) is 23.4. The van der Waals surface area contributed by atoms with Gasteiger partial charge in [0, 0.05) is 6.54 Å². The molecule has 0 aromatic heterocycles. The SMILES string of the molecule is CC1(C)C(=O)N(c2ccc(F)c(C(F)(F)F)c2)C(=O)N1Cc1ccc(OCc2ccccc2)c(OCc2ccccc2)c1. The number of urea groups is 1. The first-order chi connectivity index (χ1) is 20.4. The van der Waals surface area contributed by atoms with Crippen molar-refractivity contribution in [1.82, 2.24) is 4.90 Å². The summed E-state index contributed by atoms with van der Waals surface area (Å²) in [6, 6.07) is 25.5. The molecule has 6 nitrogen and oxygen atoms in total. The zero-order valence-electron chi connectivity index (χ0n) is 23.4. The molecule has 0 radical (unpaired) electrons. The van der Waals surface area contributed by atoms with Crippen molar-refractivity contribution in [3.63, 3.8) is 0 Å². The number of carbonyl (C=O) groups excluding carboxylic acids is 2. The molecule has 0 saturated carbocycles. The minimum atomic E-state index is -5.00. The van der Waals surface area contributed by atoms with Crippen LogP contribution in [0.4, 0.5) is 28.0 Å². The Balaban J connectivity index is 1.42. The first-order valence-electron chi connectivity index (χ1n) is 13.4. The molecular weight excluding hydrogens is 564 g/mol. The van der Waals surface area contributed by atoms with E-state index in [1.807, 2.05) is 60.7 Å². The van der Waals surface area contributed by atoms with E-state index in [-0.39, 0.29) is 18.8 Å². The molecule has 43 heavy (non-hydrogen) atoms. The first kappa shape index (κ1) is 29.6. The lowest BCUT2D eigenvalue weighted by atomic mass is 10.0. The van der Waals surface area contributed by atoms with Crippen LogP contribution in [0.25, 0.3) is 0 Å². The number of benzene rings is 4. The summed E-state index contributed by atoms with van der Waals surface area (Å²) in [5, 5.41) is 0. The fourth-order valence-electron chi connectivity index (χ4n) is 4.73. The number of nitrogens with zero attached hydrogens (tertiary/aromatic N) is 2. The van der Waals surface area contributed by atoms with Crippen LogP contribution in [-0.2, 0) is 30.7 Å². The normalized spacial score (nSPS) is 14.7. The van der Waals surface area contributed by atoms with E-state index in [4.69, 9.17) is 9.47 Å². The van der Waals surface area contributed by atoms with Crippen LogP contribution in [0.5, 0.6) is 11.5 Å². The van der Waals surface area contributed by atoms with Crippen molar-refractivity contribution in [3.05, 3.63) is 125 Å². The van der Waals surface area contributed by atoms with Crippen LogP contribution in [-0.4, -0.2) is 22.4 Å². The van der Waals surface area contributed by atoms with E-state index >= 15 is 0 Å². The van der Waals surface area contributed by atoms with Crippen molar-refractivity contribution in [2.24, 2.45) is 0 Å². The molecule has 1 aliphatic heterocycles. The number of alkyl halides is 3. The van der Waals surface area contributed by atoms with Crippen molar-refractivity contribution in [3.8, 4) is 11.5 Å². The molecule has 3 amide bonds. The maximum atomic E-state index is 13.9. The van der Waals surface area contributed by atoms with Gasteiger partial charge in [-0.1, -0.05) is 66.7 Å². The number of hydrogen-bond donors (Lipinski definition) is 0. The largest absolute Gasteiger partial charge is 0.485 e. The average molecular weight is 593 g/mol. The highest BCUT2D eigenvalue weighted by molar-refractivity contribution is 6.23. The molecule has 0 unspecified atom stereocenters. The molecule has 1 heterocycles. The Morgan fingerprint density at radius 1 is 0.721 bits per heavy atom. The molecule has 222 valence electrons. The zero-order chi connectivity index (χ0) is 30.8. The number of hydrogen-bond acceptors (Lipinski definition) is 4. The lowest BCUT2D eigenvalue weighted by molar-refractivity contribution is -0.140. The maximum absolute atomic E-state index is 13.9. The summed E-state index contributed by atoms with van der Waals surface area (Å²) in [5.41, 5.74) is -0.850. The highest BCUT2D eigenvalue weighted by atomic mass is 19.4. The van der Waals surface area contributed by atoms with Crippen molar-refractivity contribution in [1.29, 1.82) is 0 Å². The second-order valence-corrected chi connectivity index (χ2v) is 10.6. The summed E-state index contributed by atoms with van der Waals surface area (Å²) in [6.07, 6.45) is -5.00. The number of anilines is 1. The molecule has 0 bridgehead atoms. The van der Waals surface area contributed by atoms with Gasteiger partial charge in [-0.2, -0.15) is 13.2 Å². The molecule has 0 atom stereocenters. The Morgan fingerprint density at radius 3 is 1.88 bits per heavy atom. The Bertz CT molecular complexity index is 1630. The van der Waals surface area contributed by atoms with Crippen molar-refractivity contribution < 1.29 is 36.6 Å². The predicted octanol–water partition coefficient (Wildman–Crippen LogP) is 7.75. The van der Waals surface area contributed by atoms with E-state index in [0.29, 0.717) is 40.7 Å². The molecule has 0 spiro atoms. The quantitative estimate of drug-likeness (QED) is 0.147. The van der Waals surface area contributed by atoms with Crippen LogP contribution in [0.15, 0.2) is 97.1 Å². The van der Waals surface area contributed by atoms with E-state index in [2.05, 4.69) is 0 Å². The molecule has 4 aromatic rings. The lowest BCUT2D eigenvalue weighted by Crippen LogP contribution is -2.43. The number of rotatable bonds is 9. The smallest absolute Gasteiger partial charge is 0.419 e. The van der Waals surface area contributed by atoms with Crippen molar-refractivity contribution in [2.45, 2.75) is 45.3 Å². The summed E-state index contributed by atoms with van der Waals surface area (Å²) in [7, 11) is 0. The first-order valence-corrected chi connectivity index (χ1v) is 13.4. The minimum absolute atomic E-state index is 0.0535. The Labute approximate surface area is 246 Å². The predicted molar refractivity (Wildman–Crippen MR) is 152 cm³/mol. The van der Waals surface area contributed by atoms with Gasteiger partial charge in [-0.15, -0.1) is 0 Å². The summed E-state index contributed by atoms with van der Waals surface area (Å²) in [4.78, 5) is 28.7. The fourth-order valence-corrected chi connectivity index (χ4v) is 4.73. The molecule has 10 heteroatoms. The number of ether oxygens (including phenoxy) is 2. The topological polar surface area (TPSA) is 59.1 Å². The second kappa shape index (κ2) is 11.8. The van der Waals surface area contributed by atoms with Gasteiger partial charge in [0.2, 0.25) is 0 Å². The lowest BCUT2D eigenvalue weighted by Gasteiger charge is -2.28.